The van der Waals surface area contributed by atoms with Gasteiger partial charge in [0.15, 0.2) is 0 Å². The van der Waals surface area contributed by atoms with E-state index >= 15 is 0 Å². The molecule has 1 aromatic heterocycles. The Morgan fingerprint density at radius 1 is 0.878 bits per heavy atom. The number of nitrogens with one attached hydrogen (secondary N) is 2. The summed E-state index contributed by atoms with van der Waals surface area (Å²) in [7, 11) is 0. The largest absolute Gasteiger partial charge is 0.459 e. The second-order valence-electron chi connectivity index (χ2n) is 12.7. The molecule has 0 bridgehead atoms. The molecule has 4 aromatic carbocycles. The predicted molar refractivity (Wildman–Crippen MR) is 186 cm³/mol. The van der Waals surface area contributed by atoms with Crippen LogP contribution in [0.1, 0.15) is 59.9 Å². The summed E-state index contributed by atoms with van der Waals surface area (Å²) in [5.74, 6) is -4.22. The number of rotatable bonds is 14. The smallest absolute Gasteiger partial charge is 0.227 e. The molecule has 1 aliphatic rings. The Bertz CT molecular complexity index is 1710. The van der Waals surface area contributed by atoms with Crippen LogP contribution in [0.3, 0.4) is 0 Å². The van der Waals surface area contributed by atoms with Gasteiger partial charge in [-0.3, -0.25) is 9.78 Å². The van der Waals surface area contributed by atoms with Crippen molar-refractivity contribution in [3.63, 3.8) is 0 Å². The van der Waals surface area contributed by atoms with E-state index in [1.54, 1.807) is 18.3 Å². The number of pyridine rings is 1. The van der Waals surface area contributed by atoms with E-state index in [1.165, 1.54) is 18.3 Å². The van der Waals surface area contributed by atoms with Crippen molar-refractivity contribution in [2.24, 2.45) is 5.92 Å². The number of aliphatic hydroxyl groups is 1. The number of hydrogen-bond donors (Lipinski definition) is 3. The van der Waals surface area contributed by atoms with E-state index in [-0.39, 0.29) is 24.8 Å². The lowest BCUT2D eigenvalue weighted by Crippen LogP contribution is -2.59. The summed E-state index contributed by atoms with van der Waals surface area (Å²) in [6, 6.07) is 35.3. The number of benzene rings is 4. The van der Waals surface area contributed by atoms with E-state index in [1.807, 2.05) is 91.0 Å². The highest BCUT2D eigenvalue weighted by Crippen LogP contribution is 2.43. The molecule has 3 N–H and O–H groups in total. The molecule has 6 rings (SSSR count). The first kappa shape index (κ1) is 34.0. The number of nitrogens with zero attached hydrogens (tertiary/aromatic N) is 1. The van der Waals surface area contributed by atoms with Crippen molar-refractivity contribution in [2.45, 2.75) is 55.9 Å². The average molecular weight is 662 g/mol. The fraction of sp³-hybridized carbons (Fsp3) is 0.268. The molecule has 252 valence electrons. The number of ether oxygens (including phenoxy) is 1. The van der Waals surface area contributed by atoms with Gasteiger partial charge in [0.1, 0.15) is 17.4 Å². The van der Waals surface area contributed by atoms with Gasteiger partial charge in [0.05, 0.1) is 18.3 Å². The topological polar surface area (TPSA) is 83.5 Å². The first-order valence-electron chi connectivity index (χ1n) is 16.8. The van der Waals surface area contributed by atoms with Crippen molar-refractivity contribution in [1.29, 1.82) is 0 Å². The molecule has 0 saturated carbocycles. The van der Waals surface area contributed by atoms with Crippen LogP contribution in [0.5, 0.6) is 5.75 Å². The summed E-state index contributed by atoms with van der Waals surface area (Å²) in [6.45, 7) is 0.684. The Morgan fingerprint density at radius 3 is 2.04 bits per heavy atom. The summed E-state index contributed by atoms with van der Waals surface area (Å²) in [5, 5.41) is 19.5. The quantitative estimate of drug-likeness (QED) is 0.107. The predicted octanol–water partition coefficient (Wildman–Crippen LogP) is 7.51. The summed E-state index contributed by atoms with van der Waals surface area (Å²) in [6.07, 6.45) is 5.16. The third-order valence-electron chi connectivity index (χ3n) is 9.35. The van der Waals surface area contributed by atoms with E-state index in [9.17, 15) is 18.7 Å². The molecule has 0 aliphatic carbocycles. The first-order chi connectivity index (χ1) is 23.9. The molecule has 5 aromatic rings. The zero-order valence-corrected chi connectivity index (χ0v) is 27.2. The molecule has 4 unspecified atom stereocenters. The zero-order chi connectivity index (χ0) is 34.1. The van der Waals surface area contributed by atoms with Gasteiger partial charge in [0, 0.05) is 24.6 Å². The first-order valence-corrected chi connectivity index (χ1v) is 16.8. The summed E-state index contributed by atoms with van der Waals surface area (Å²) >= 11 is 0. The molecule has 8 heteroatoms. The van der Waals surface area contributed by atoms with Crippen LogP contribution in [-0.4, -0.2) is 34.4 Å². The number of hydrogen-bond acceptors (Lipinski definition) is 5. The molecule has 0 radical (unpaired) electrons. The van der Waals surface area contributed by atoms with E-state index in [0.717, 1.165) is 29.2 Å². The van der Waals surface area contributed by atoms with Crippen molar-refractivity contribution in [3.05, 3.63) is 168 Å². The Labute approximate surface area is 286 Å². The Hall–Kier alpha value is -4.92. The number of halogens is 2. The zero-order valence-electron chi connectivity index (χ0n) is 27.2. The van der Waals surface area contributed by atoms with Crippen molar-refractivity contribution < 1.29 is 23.4 Å². The van der Waals surface area contributed by atoms with E-state index in [2.05, 4.69) is 15.6 Å². The van der Waals surface area contributed by atoms with Gasteiger partial charge in [-0.1, -0.05) is 91.0 Å². The van der Waals surface area contributed by atoms with Crippen molar-refractivity contribution in [3.8, 4) is 5.75 Å². The minimum atomic E-state index is -1.84. The fourth-order valence-electron chi connectivity index (χ4n) is 7.07. The van der Waals surface area contributed by atoms with Gasteiger partial charge in [-0.15, -0.1) is 0 Å². The van der Waals surface area contributed by atoms with Crippen LogP contribution in [0.2, 0.25) is 0 Å². The highest BCUT2D eigenvalue weighted by Gasteiger charge is 2.51. The van der Waals surface area contributed by atoms with E-state index in [4.69, 9.17) is 4.74 Å². The van der Waals surface area contributed by atoms with Gasteiger partial charge in [-0.25, -0.2) is 8.78 Å². The fourth-order valence-corrected chi connectivity index (χ4v) is 7.07. The molecule has 1 amide bonds. The average Bonchev–Trinajstić information content (AvgIpc) is 3.68. The molecule has 4 atom stereocenters. The lowest BCUT2D eigenvalue weighted by Gasteiger charge is -2.44. The lowest BCUT2D eigenvalue weighted by molar-refractivity contribution is -0.203. The molecular weight excluding hydrogens is 620 g/mol. The third-order valence-corrected chi connectivity index (χ3v) is 9.35. The van der Waals surface area contributed by atoms with Gasteiger partial charge in [-0.2, -0.15) is 0 Å². The Morgan fingerprint density at radius 2 is 1.49 bits per heavy atom. The van der Waals surface area contributed by atoms with Gasteiger partial charge in [-0.05, 0) is 84.7 Å². The summed E-state index contributed by atoms with van der Waals surface area (Å²) in [5.41, 5.74) is 3.18. The molecule has 1 fully saturated rings. The number of carbonyl (C=O) groups excluding carboxylic acids is 1. The second-order valence-corrected chi connectivity index (χ2v) is 12.7. The van der Waals surface area contributed by atoms with Gasteiger partial charge in [0.25, 0.3) is 0 Å². The highest BCUT2D eigenvalue weighted by atomic mass is 19.1. The molecule has 1 aliphatic heterocycles. The highest BCUT2D eigenvalue weighted by molar-refractivity contribution is 5.77. The summed E-state index contributed by atoms with van der Waals surface area (Å²) < 4.78 is 35.7. The lowest BCUT2D eigenvalue weighted by atomic mass is 9.72. The summed E-state index contributed by atoms with van der Waals surface area (Å²) in [4.78, 5) is 18.1. The molecule has 0 spiro atoms. The van der Waals surface area contributed by atoms with Crippen LogP contribution >= 0.6 is 0 Å². The van der Waals surface area contributed by atoms with E-state index < -0.39 is 35.3 Å². The van der Waals surface area contributed by atoms with Gasteiger partial charge < -0.3 is 20.5 Å². The second kappa shape index (κ2) is 16.0. The molecule has 1 saturated heterocycles. The molecule has 49 heavy (non-hydrogen) atoms. The van der Waals surface area contributed by atoms with Crippen LogP contribution in [-0.2, 0) is 11.2 Å². The molecular formula is C41H41F2N3O3. The maximum Gasteiger partial charge on any atom is 0.227 e. The van der Waals surface area contributed by atoms with E-state index in [0.29, 0.717) is 30.7 Å². The standard InChI is InChI=1S/C41H41F2N3O3/c42-33-24-29(25-34(43)27-33)26-37(41(48,38-19-11-23-45-38)49-35-18-10-22-44-28-35)36(30-12-4-1-5-13-30)20-21-39(47)46-40(31-14-6-2-7-15-31)32-16-8-3-9-17-32/h1-10,12-18,22,24-25,27-28,36-38,40,45,48H,11,19-21,23,26H2,(H,46,47). The number of aromatic nitrogens is 1. The Balaban J connectivity index is 1.37. The maximum absolute atomic E-state index is 14.6. The van der Waals surface area contributed by atoms with Crippen molar-refractivity contribution in [1.82, 2.24) is 15.6 Å². The van der Waals surface area contributed by atoms with Gasteiger partial charge in [0.2, 0.25) is 11.7 Å². The SMILES string of the molecule is O=C(CCC(c1ccccc1)C(Cc1cc(F)cc(F)c1)C(O)(Oc1cccnc1)C1CCCN1)NC(c1ccccc1)c1ccccc1. The van der Waals surface area contributed by atoms with Crippen LogP contribution < -0.4 is 15.4 Å². The third kappa shape index (κ3) is 8.57. The van der Waals surface area contributed by atoms with Gasteiger partial charge >= 0.3 is 0 Å². The van der Waals surface area contributed by atoms with Crippen LogP contribution in [0, 0.1) is 17.6 Å². The normalized spacial score (nSPS) is 16.9. The van der Waals surface area contributed by atoms with Crippen molar-refractivity contribution in [2.75, 3.05) is 6.54 Å². The molecule has 6 nitrogen and oxygen atoms in total. The van der Waals surface area contributed by atoms with Crippen molar-refractivity contribution >= 4 is 5.91 Å². The Kier molecular flexibility index (Phi) is 11.1. The number of carbonyl (C=O) groups is 1. The van der Waals surface area contributed by atoms with Crippen LogP contribution in [0.25, 0.3) is 0 Å². The monoisotopic (exact) mass is 661 g/mol. The maximum atomic E-state index is 14.6. The number of amides is 1. The van der Waals surface area contributed by atoms with Crippen LogP contribution in [0.4, 0.5) is 8.78 Å². The minimum Gasteiger partial charge on any atom is -0.459 e. The minimum absolute atomic E-state index is 0.0848. The van der Waals surface area contributed by atoms with Crippen LogP contribution in [0.15, 0.2) is 134 Å². The molecule has 2 heterocycles.